The number of benzene rings is 2. The molecule has 0 saturated carbocycles. The predicted octanol–water partition coefficient (Wildman–Crippen LogP) is 2.85. The maximum atomic E-state index is 12.2. The first kappa shape index (κ1) is 18.4. The predicted molar refractivity (Wildman–Crippen MR) is 89.4 cm³/mol. The van der Waals surface area contributed by atoms with Crippen molar-refractivity contribution in [3.63, 3.8) is 0 Å². The largest absolute Gasteiger partial charge is 0.486 e. The first-order valence-corrected chi connectivity index (χ1v) is 7.93. The molecule has 7 nitrogen and oxygen atoms in total. The molecule has 0 atom stereocenters. The number of esters is 1. The molecule has 0 unspecified atom stereocenters. The van der Waals surface area contributed by atoms with Crippen LogP contribution in [0.1, 0.15) is 10.4 Å². The Hall–Kier alpha value is -3.36. The van der Waals surface area contributed by atoms with Crippen molar-refractivity contribution in [1.29, 1.82) is 0 Å². The third kappa shape index (κ3) is 5.06. The minimum Gasteiger partial charge on any atom is -0.486 e. The first-order chi connectivity index (χ1) is 13.0. The van der Waals surface area contributed by atoms with Crippen molar-refractivity contribution in [3.8, 4) is 17.2 Å². The SMILES string of the molecule is O=C(COC(=O)c1cccc(OC(F)F)c1)Nc1ccc2c(c1)OCCO2. The molecule has 3 rings (SSSR count). The van der Waals surface area contributed by atoms with Gasteiger partial charge in [0.1, 0.15) is 19.0 Å². The van der Waals surface area contributed by atoms with Gasteiger partial charge in [-0.05, 0) is 30.3 Å². The summed E-state index contributed by atoms with van der Waals surface area (Å²) in [5, 5.41) is 2.56. The molecule has 1 heterocycles. The maximum absolute atomic E-state index is 12.2. The number of halogens is 2. The molecule has 0 radical (unpaired) electrons. The zero-order chi connectivity index (χ0) is 19.2. The third-order valence-corrected chi connectivity index (χ3v) is 3.46. The quantitative estimate of drug-likeness (QED) is 0.777. The molecule has 2 aromatic carbocycles. The minimum atomic E-state index is -3.01. The summed E-state index contributed by atoms with van der Waals surface area (Å²) < 4.78 is 44.3. The van der Waals surface area contributed by atoms with Gasteiger partial charge in [-0.3, -0.25) is 4.79 Å². The standard InChI is InChI=1S/C18H15F2NO6/c19-18(20)27-13-3-1-2-11(8-13)17(23)26-10-16(22)21-12-4-5-14-15(9-12)25-7-6-24-14/h1-5,8-9,18H,6-7,10H2,(H,21,22). The van der Waals surface area contributed by atoms with Crippen LogP contribution in [0.3, 0.4) is 0 Å². The highest BCUT2D eigenvalue weighted by molar-refractivity contribution is 5.95. The smallest absolute Gasteiger partial charge is 0.387 e. The van der Waals surface area contributed by atoms with Crippen molar-refractivity contribution >= 4 is 17.6 Å². The molecule has 0 saturated heterocycles. The number of carbonyl (C=O) groups excluding carboxylic acids is 2. The number of rotatable bonds is 6. The van der Waals surface area contributed by atoms with Gasteiger partial charge >= 0.3 is 12.6 Å². The third-order valence-electron chi connectivity index (χ3n) is 3.46. The Labute approximate surface area is 152 Å². The van der Waals surface area contributed by atoms with Crippen LogP contribution in [0.25, 0.3) is 0 Å². The summed E-state index contributed by atoms with van der Waals surface area (Å²) in [7, 11) is 0. The maximum Gasteiger partial charge on any atom is 0.387 e. The normalized spacial score (nSPS) is 12.4. The van der Waals surface area contributed by atoms with E-state index >= 15 is 0 Å². The second-order valence-corrected chi connectivity index (χ2v) is 5.39. The fourth-order valence-corrected chi connectivity index (χ4v) is 2.33. The summed E-state index contributed by atoms with van der Waals surface area (Å²) >= 11 is 0. The van der Waals surface area contributed by atoms with Gasteiger partial charge in [0.2, 0.25) is 0 Å². The first-order valence-electron chi connectivity index (χ1n) is 7.93. The lowest BCUT2D eigenvalue weighted by atomic mass is 10.2. The number of alkyl halides is 2. The van der Waals surface area contributed by atoms with Crippen LogP contribution < -0.4 is 19.5 Å². The Morgan fingerprint density at radius 3 is 2.63 bits per heavy atom. The van der Waals surface area contributed by atoms with Gasteiger partial charge in [0, 0.05) is 11.8 Å². The average molecular weight is 379 g/mol. The molecule has 0 fully saturated rings. The Kier molecular flexibility index (Phi) is 5.70. The Morgan fingerprint density at radius 1 is 1.07 bits per heavy atom. The molecule has 1 aliphatic rings. The van der Waals surface area contributed by atoms with Crippen LogP contribution in [0.4, 0.5) is 14.5 Å². The van der Waals surface area contributed by atoms with Crippen LogP contribution >= 0.6 is 0 Å². The fraction of sp³-hybridized carbons (Fsp3) is 0.222. The second kappa shape index (κ2) is 8.35. The van der Waals surface area contributed by atoms with Gasteiger partial charge in [-0.15, -0.1) is 0 Å². The summed E-state index contributed by atoms with van der Waals surface area (Å²) in [6.45, 7) is -2.69. The molecule has 0 bridgehead atoms. The Morgan fingerprint density at radius 2 is 1.85 bits per heavy atom. The number of ether oxygens (including phenoxy) is 4. The highest BCUT2D eigenvalue weighted by Crippen LogP contribution is 2.32. The van der Waals surface area contributed by atoms with E-state index < -0.39 is 25.1 Å². The van der Waals surface area contributed by atoms with Gasteiger partial charge in [0.25, 0.3) is 5.91 Å². The zero-order valence-electron chi connectivity index (χ0n) is 13.9. The molecule has 27 heavy (non-hydrogen) atoms. The summed E-state index contributed by atoms with van der Waals surface area (Å²) in [6.07, 6.45) is 0. The van der Waals surface area contributed by atoms with E-state index in [1.54, 1.807) is 18.2 Å². The van der Waals surface area contributed by atoms with Crippen LogP contribution in [0, 0.1) is 0 Å². The summed E-state index contributed by atoms with van der Waals surface area (Å²) in [5.41, 5.74) is 0.438. The number of nitrogens with one attached hydrogen (secondary N) is 1. The van der Waals surface area contributed by atoms with Crippen LogP contribution in [0.5, 0.6) is 17.2 Å². The van der Waals surface area contributed by atoms with E-state index in [2.05, 4.69) is 10.1 Å². The zero-order valence-corrected chi connectivity index (χ0v) is 13.9. The summed E-state index contributed by atoms with van der Waals surface area (Å²) in [6, 6.07) is 9.98. The van der Waals surface area contributed by atoms with Crippen molar-refractivity contribution in [2.75, 3.05) is 25.1 Å². The monoisotopic (exact) mass is 379 g/mol. The minimum absolute atomic E-state index is 0.0136. The van der Waals surface area contributed by atoms with Crippen molar-refractivity contribution in [1.82, 2.24) is 0 Å². The molecule has 0 aliphatic carbocycles. The van der Waals surface area contributed by atoms with Gasteiger partial charge in [0.05, 0.1) is 5.56 Å². The topological polar surface area (TPSA) is 83.1 Å². The van der Waals surface area contributed by atoms with Crippen LogP contribution in [-0.4, -0.2) is 38.3 Å². The van der Waals surface area contributed by atoms with Crippen LogP contribution in [0.15, 0.2) is 42.5 Å². The molecule has 9 heteroatoms. The Balaban J connectivity index is 1.54. The molecular weight excluding hydrogens is 364 g/mol. The molecule has 0 aromatic heterocycles. The molecule has 2 aromatic rings. The highest BCUT2D eigenvalue weighted by atomic mass is 19.3. The van der Waals surface area contributed by atoms with Crippen molar-refractivity contribution < 1.29 is 37.3 Å². The van der Waals surface area contributed by atoms with E-state index in [4.69, 9.17) is 14.2 Å². The number of carbonyl (C=O) groups is 2. The van der Waals surface area contributed by atoms with Crippen molar-refractivity contribution in [2.24, 2.45) is 0 Å². The Bertz CT molecular complexity index is 842. The van der Waals surface area contributed by atoms with E-state index in [1.807, 2.05) is 0 Å². The molecule has 1 aliphatic heterocycles. The number of anilines is 1. The van der Waals surface area contributed by atoms with Crippen LogP contribution in [-0.2, 0) is 9.53 Å². The van der Waals surface area contributed by atoms with Gasteiger partial charge in [0.15, 0.2) is 18.1 Å². The van der Waals surface area contributed by atoms with E-state index in [9.17, 15) is 18.4 Å². The van der Waals surface area contributed by atoms with E-state index in [1.165, 1.54) is 18.2 Å². The molecule has 142 valence electrons. The second-order valence-electron chi connectivity index (χ2n) is 5.39. The van der Waals surface area contributed by atoms with E-state index in [0.717, 1.165) is 6.07 Å². The number of fused-ring (bicyclic) bond motifs is 1. The van der Waals surface area contributed by atoms with Gasteiger partial charge in [-0.1, -0.05) is 6.07 Å². The lowest BCUT2D eigenvalue weighted by Gasteiger charge is -2.19. The van der Waals surface area contributed by atoms with Crippen molar-refractivity contribution in [3.05, 3.63) is 48.0 Å². The molecule has 1 amide bonds. The van der Waals surface area contributed by atoms with Crippen molar-refractivity contribution in [2.45, 2.75) is 6.61 Å². The lowest BCUT2D eigenvalue weighted by molar-refractivity contribution is -0.119. The lowest BCUT2D eigenvalue weighted by Crippen LogP contribution is -2.21. The van der Waals surface area contributed by atoms with Gasteiger partial charge in [-0.25, -0.2) is 4.79 Å². The average Bonchev–Trinajstić information content (AvgIpc) is 2.65. The van der Waals surface area contributed by atoms with Gasteiger partial charge in [-0.2, -0.15) is 8.78 Å². The summed E-state index contributed by atoms with van der Waals surface area (Å²) in [4.78, 5) is 23.9. The number of amides is 1. The van der Waals surface area contributed by atoms with E-state index in [-0.39, 0.29) is 11.3 Å². The van der Waals surface area contributed by atoms with Gasteiger partial charge < -0.3 is 24.3 Å². The number of hydrogen-bond donors (Lipinski definition) is 1. The molecular formula is C18H15F2NO6. The highest BCUT2D eigenvalue weighted by Gasteiger charge is 2.15. The molecule has 1 N–H and O–H groups in total. The van der Waals surface area contributed by atoms with E-state index in [0.29, 0.717) is 30.4 Å². The number of hydrogen-bond acceptors (Lipinski definition) is 6. The summed E-state index contributed by atoms with van der Waals surface area (Å²) in [5.74, 6) is -0.504. The van der Waals surface area contributed by atoms with Crippen LogP contribution in [0.2, 0.25) is 0 Å². The fourth-order valence-electron chi connectivity index (χ4n) is 2.33. The molecule has 0 spiro atoms.